The lowest BCUT2D eigenvalue weighted by Crippen LogP contribution is -2.36. The molecule has 0 aliphatic carbocycles. The van der Waals surface area contributed by atoms with Gasteiger partial charge in [0.15, 0.2) is 11.0 Å². The van der Waals surface area contributed by atoms with Crippen LogP contribution in [0.5, 0.6) is 5.75 Å². The molecule has 0 spiro atoms. The summed E-state index contributed by atoms with van der Waals surface area (Å²) < 4.78 is 12.9. The van der Waals surface area contributed by atoms with E-state index in [-0.39, 0.29) is 11.7 Å². The summed E-state index contributed by atoms with van der Waals surface area (Å²) in [6, 6.07) is 17.4. The van der Waals surface area contributed by atoms with Crippen LogP contribution in [-0.2, 0) is 16.1 Å². The van der Waals surface area contributed by atoms with Crippen LogP contribution in [0.25, 0.3) is 5.69 Å². The zero-order valence-electron chi connectivity index (χ0n) is 18.1. The number of nitrogens with one attached hydrogen (secondary N) is 1. The molecule has 1 aromatic heterocycles. The maximum absolute atomic E-state index is 12.5. The number of carbonyl (C=O) groups is 1. The highest BCUT2D eigenvalue weighted by molar-refractivity contribution is 7.99. The number of carbonyl (C=O) groups excluding carboxylic acids is 1. The first kappa shape index (κ1) is 22.3. The molecule has 1 fully saturated rings. The van der Waals surface area contributed by atoms with Gasteiger partial charge in [-0.05, 0) is 43.3 Å². The maximum atomic E-state index is 12.5. The Morgan fingerprint density at radius 3 is 2.56 bits per heavy atom. The predicted molar refractivity (Wildman–Crippen MR) is 124 cm³/mol. The number of rotatable bonds is 9. The number of hydrogen-bond donors (Lipinski definition) is 1. The molecule has 9 heteroatoms. The molecule has 1 N–H and O–H groups in total. The number of benzene rings is 2. The number of para-hydroxylation sites is 1. The van der Waals surface area contributed by atoms with Crippen LogP contribution in [0.15, 0.2) is 59.8 Å². The first-order chi connectivity index (χ1) is 15.7. The predicted octanol–water partition coefficient (Wildman–Crippen LogP) is 3.23. The Morgan fingerprint density at radius 1 is 1.09 bits per heavy atom. The third-order valence-electron chi connectivity index (χ3n) is 4.96. The third-order valence-corrected chi connectivity index (χ3v) is 5.89. The van der Waals surface area contributed by atoms with E-state index in [1.807, 2.05) is 66.1 Å². The van der Waals surface area contributed by atoms with Gasteiger partial charge in [-0.15, -0.1) is 10.2 Å². The topological polar surface area (TPSA) is 81.5 Å². The molecular formula is C23H27N5O3S. The van der Waals surface area contributed by atoms with Gasteiger partial charge in [-0.1, -0.05) is 30.0 Å². The lowest BCUT2D eigenvalue weighted by atomic mass is 10.3. The molecule has 2 heterocycles. The molecule has 1 aliphatic rings. The van der Waals surface area contributed by atoms with Gasteiger partial charge in [0.2, 0.25) is 5.91 Å². The van der Waals surface area contributed by atoms with Crippen LogP contribution in [-0.4, -0.2) is 64.2 Å². The van der Waals surface area contributed by atoms with Crippen molar-refractivity contribution in [2.24, 2.45) is 0 Å². The van der Waals surface area contributed by atoms with Gasteiger partial charge in [-0.25, -0.2) is 0 Å². The molecule has 0 bridgehead atoms. The number of amides is 1. The number of hydrogen-bond acceptors (Lipinski definition) is 7. The van der Waals surface area contributed by atoms with Gasteiger partial charge in [0.05, 0.1) is 32.1 Å². The van der Waals surface area contributed by atoms with E-state index in [2.05, 4.69) is 20.4 Å². The van der Waals surface area contributed by atoms with E-state index in [0.29, 0.717) is 18.3 Å². The fraction of sp³-hybridized carbons (Fsp3) is 0.348. The minimum atomic E-state index is -0.100. The van der Waals surface area contributed by atoms with Gasteiger partial charge in [0.25, 0.3) is 0 Å². The second kappa shape index (κ2) is 11.1. The van der Waals surface area contributed by atoms with Gasteiger partial charge >= 0.3 is 0 Å². The minimum absolute atomic E-state index is 0.100. The monoisotopic (exact) mass is 453 g/mol. The fourth-order valence-corrected chi connectivity index (χ4v) is 4.19. The van der Waals surface area contributed by atoms with Crippen LogP contribution in [0.4, 0.5) is 5.69 Å². The highest BCUT2D eigenvalue weighted by Crippen LogP contribution is 2.23. The van der Waals surface area contributed by atoms with Crippen LogP contribution >= 0.6 is 11.8 Å². The summed E-state index contributed by atoms with van der Waals surface area (Å²) in [6.45, 7) is 6.43. The third kappa shape index (κ3) is 5.87. The molecule has 0 saturated carbocycles. The Bertz CT molecular complexity index is 1000. The summed E-state index contributed by atoms with van der Waals surface area (Å²) in [5.41, 5.74) is 1.71. The van der Waals surface area contributed by atoms with Crippen molar-refractivity contribution in [2.45, 2.75) is 18.6 Å². The summed E-state index contributed by atoms with van der Waals surface area (Å²) in [6.07, 6.45) is 0. The Morgan fingerprint density at radius 2 is 1.84 bits per heavy atom. The summed E-state index contributed by atoms with van der Waals surface area (Å²) in [7, 11) is 0. The fourth-order valence-electron chi connectivity index (χ4n) is 3.42. The van der Waals surface area contributed by atoms with Crippen LogP contribution in [0.2, 0.25) is 0 Å². The Labute approximate surface area is 191 Å². The molecule has 0 radical (unpaired) electrons. The quantitative estimate of drug-likeness (QED) is 0.498. The zero-order chi connectivity index (χ0) is 22.2. The Kier molecular flexibility index (Phi) is 7.76. The van der Waals surface area contributed by atoms with E-state index < -0.39 is 0 Å². The molecule has 2 aromatic carbocycles. The smallest absolute Gasteiger partial charge is 0.234 e. The summed E-state index contributed by atoms with van der Waals surface area (Å²) in [5, 5.41) is 12.4. The molecule has 32 heavy (non-hydrogen) atoms. The van der Waals surface area contributed by atoms with E-state index in [4.69, 9.17) is 9.47 Å². The number of nitrogens with zero attached hydrogens (tertiary/aromatic N) is 4. The second-order valence-corrected chi connectivity index (χ2v) is 8.20. The van der Waals surface area contributed by atoms with Crippen LogP contribution in [0.3, 0.4) is 0 Å². The van der Waals surface area contributed by atoms with Crippen molar-refractivity contribution in [3.05, 3.63) is 60.4 Å². The molecule has 0 atom stereocenters. The standard InChI is InChI=1S/C23H27N5O3S/c1-2-31-20-10-8-18(9-11-20)24-22(29)17-32-23-26-25-21(16-27-12-14-30-15-13-27)28(23)19-6-4-3-5-7-19/h3-11H,2,12-17H2,1H3,(H,24,29). The Hall–Kier alpha value is -2.88. The molecule has 3 aromatic rings. The van der Waals surface area contributed by atoms with Crippen LogP contribution in [0.1, 0.15) is 12.7 Å². The average molecular weight is 454 g/mol. The first-order valence-electron chi connectivity index (χ1n) is 10.7. The van der Waals surface area contributed by atoms with E-state index in [1.165, 1.54) is 11.8 Å². The number of aromatic nitrogens is 3. The van der Waals surface area contributed by atoms with Gasteiger partial charge in [-0.2, -0.15) is 0 Å². The van der Waals surface area contributed by atoms with Gasteiger partial charge in [0.1, 0.15) is 5.75 Å². The van der Waals surface area contributed by atoms with E-state index in [9.17, 15) is 4.79 Å². The number of thioether (sulfide) groups is 1. The lowest BCUT2D eigenvalue weighted by Gasteiger charge is -2.26. The lowest BCUT2D eigenvalue weighted by molar-refractivity contribution is -0.113. The molecular weight excluding hydrogens is 426 g/mol. The SMILES string of the molecule is CCOc1ccc(NC(=O)CSc2nnc(CN3CCOCC3)n2-c2ccccc2)cc1. The van der Waals surface area contributed by atoms with Crippen molar-refractivity contribution in [1.82, 2.24) is 19.7 Å². The normalized spacial score (nSPS) is 14.3. The van der Waals surface area contributed by atoms with Gasteiger partial charge < -0.3 is 14.8 Å². The number of ether oxygens (including phenoxy) is 2. The maximum Gasteiger partial charge on any atom is 0.234 e. The molecule has 1 saturated heterocycles. The van der Waals surface area contributed by atoms with Gasteiger partial charge in [-0.3, -0.25) is 14.3 Å². The number of morpholine rings is 1. The van der Waals surface area contributed by atoms with Crippen LogP contribution in [0, 0.1) is 0 Å². The van der Waals surface area contributed by atoms with Crippen molar-refractivity contribution in [2.75, 3.05) is 44.0 Å². The molecule has 4 rings (SSSR count). The van der Waals surface area contributed by atoms with Crippen LogP contribution < -0.4 is 10.1 Å². The summed E-state index contributed by atoms with van der Waals surface area (Å²) in [4.78, 5) is 14.8. The number of anilines is 1. The highest BCUT2D eigenvalue weighted by Gasteiger charge is 2.19. The first-order valence-corrected chi connectivity index (χ1v) is 11.7. The van der Waals surface area contributed by atoms with Crippen molar-refractivity contribution in [3.63, 3.8) is 0 Å². The minimum Gasteiger partial charge on any atom is -0.494 e. The zero-order valence-corrected chi connectivity index (χ0v) is 18.9. The van der Waals surface area contributed by atoms with E-state index in [0.717, 1.165) is 49.3 Å². The van der Waals surface area contributed by atoms with Gasteiger partial charge in [0, 0.05) is 24.5 Å². The van der Waals surface area contributed by atoms with Crippen molar-refractivity contribution >= 4 is 23.4 Å². The van der Waals surface area contributed by atoms with Crippen molar-refractivity contribution in [3.8, 4) is 11.4 Å². The molecule has 8 nitrogen and oxygen atoms in total. The second-order valence-electron chi connectivity index (χ2n) is 7.25. The average Bonchev–Trinajstić information content (AvgIpc) is 3.23. The molecule has 1 aliphatic heterocycles. The molecule has 1 amide bonds. The molecule has 168 valence electrons. The highest BCUT2D eigenvalue weighted by atomic mass is 32.2. The summed E-state index contributed by atoms with van der Waals surface area (Å²) >= 11 is 1.37. The van der Waals surface area contributed by atoms with Crippen molar-refractivity contribution in [1.29, 1.82) is 0 Å². The van der Waals surface area contributed by atoms with E-state index >= 15 is 0 Å². The van der Waals surface area contributed by atoms with E-state index in [1.54, 1.807) is 0 Å². The molecule has 0 unspecified atom stereocenters. The Balaban J connectivity index is 1.43. The summed E-state index contributed by atoms with van der Waals surface area (Å²) in [5.74, 6) is 1.77. The van der Waals surface area contributed by atoms with Crippen molar-refractivity contribution < 1.29 is 14.3 Å². The largest absolute Gasteiger partial charge is 0.494 e.